The Morgan fingerprint density at radius 2 is 1.67 bits per heavy atom. The smallest absolute Gasteiger partial charge is 0.337 e. The summed E-state index contributed by atoms with van der Waals surface area (Å²) in [5, 5.41) is 0. The van der Waals surface area contributed by atoms with Crippen LogP contribution >= 0.6 is 0 Å². The van der Waals surface area contributed by atoms with E-state index in [0.29, 0.717) is 22.6 Å². The number of hydrogen-bond acceptors (Lipinski definition) is 6. The molecule has 2 aromatic carbocycles. The highest BCUT2D eigenvalue weighted by Crippen LogP contribution is 2.33. The molecule has 1 heterocycles. The number of amides is 1. The molecule has 1 amide bonds. The molecule has 3 aromatic rings. The molecular weight excluding hydrogens is 423 g/mol. The predicted octanol–water partition coefficient (Wildman–Crippen LogP) is 4.48. The second-order valence-corrected chi connectivity index (χ2v) is 8.11. The first-order valence-electron chi connectivity index (χ1n) is 10.9. The Labute approximate surface area is 192 Å². The van der Waals surface area contributed by atoms with Gasteiger partial charge in [0.05, 0.1) is 23.7 Å². The average molecular weight is 453 g/mol. The first-order valence-corrected chi connectivity index (χ1v) is 10.9. The second-order valence-electron chi connectivity index (χ2n) is 8.11. The molecule has 1 aliphatic rings. The van der Waals surface area contributed by atoms with Gasteiger partial charge in [0.15, 0.2) is 5.82 Å². The van der Waals surface area contributed by atoms with E-state index in [1.165, 1.54) is 45.4 Å². The summed E-state index contributed by atoms with van der Waals surface area (Å²) in [7, 11) is 3.40. The van der Waals surface area contributed by atoms with Crippen LogP contribution in [-0.4, -0.2) is 42.0 Å². The lowest BCUT2D eigenvalue weighted by Gasteiger charge is -2.33. The van der Waals surface area contributed by atoms with Crippen molar-refractivity contribution in [2.75, 3.05) is 19.1 Å². The molecule has 1 saturated carbocycles. The number of benzene rings is 2. The SMILES string of the molecule is CC(N)=O.COC(=O)c1ccc2nc(-c3ccc(F)cc3)c(N(C)C3CCCCC3)nc2c1. The molecule has 33 heavy (non-hydrogen) atoms. The highest BCUT2D eigenvalue weighted by atomic mass is 19.1. The fraction of sp³-hybridized carbons (Fsp3) is 0.360. The number of hydrogen-bond donors (Lipinski definition) is 1. The molecule has 1 fully saturated rings. The van der Waals surface area contributed by atoms with E-state index in [0.717, 1.165) is 29.9 Å². The maximum atomic E-state index is 13.5. The Hall–Kier alpha value is -3.55. The second kappa shape index (κ2) is 10.8. The van der Waals surface area contributed by atoms with Gasteiger partial charge in [0.25, 0.3) is 0 Å². The summed E-state index contributed by atoms with van der Waals surface area (Å²) in [6, 6.07) is 11.9. The van der Waals surface area contributed by atoms with E-state index >= 15 is 0 Å². The van der Waals surface area contributed by atoms with Gasteiger partial charge in [0.2, 0.25) is 5.91 Å². The first-order chi connectivity index (χ1) is 15.8. The largest absolute Gasteiger partial charge is 0.465 e. The summed E-state index contributed by atoms with van der Waals surface area (Å²) in [6.07, 6.45) is 5.90. The number of rotatable bonds is 4. The van der Waals surface area contributed by atoms with Gasteiger partial charge < -0.3 is 15.4 Å². The van der Waals surface area contributed by atoms with Gasteiger partial charge in [-0.15, -0.1) is 0 Å². The summed E-state index contributed by atoms with van der Waals surface area (Å²) >= 11 is 0. The van der Waals surface area contributed by atoms with Gasteiger partial charge in [0, 0.05) is 25.6 Å². The standard InChI is InChI=1S/C23H24FN3O2.C2H5NO/c1-27(18-6-4-3-5-7-18)22-21(15-8-11-17(24)12-9-15)25-19-13-10-16(23(28)29-2)14-20(19)26-22;1-2(3)4/h8-14,18H,3-7H2,1-2H3;1H3,(H2,3,4). The van der Waals surface area contributed by atoms with Crippen molar-refractivity contribution in [3.05, 3.63) is 53.8 Å². The molecule has 0 aliphatic heterocycles. The number of esters is 1. The van der Waals surface area contributed by atoms with Gasteiger partial charge in [0.1, 0.15) is 11.5 Å². The van der Waals surface area contributed by atoms with Crippen LogP contribution in [0.25, 0.3) is 22.3 Å². The average Bonchev–Trinajstić information content (AvgIpc) is 2.82. The minimum Gasteiger partial charge on any atom is -0.465 e. The number of methoxy groups -OCH3 is 1. The van der Waals surface area contributed by atoms with Crippen LogP contribution in [-0.2, 0) is 9.53 Å². The summed E-state index contributed by atoms with van der Waals surface area (Å²) in [5.74, 6) is -0.274. The lowest BCUT2D eigenvalue weighted by Crippen LogP contribution is -2.34. The number of nitrogens with two attached hydrogens (primary N) is 1. The molecule has 2 N–H and O–H groups in total. The van der Waals surface area contributed by atoms with E-state index in [1.807, 2.05) is 7.05 Å². The molecule has 1 aliphatic carbocycles. The Balaban J connectivity index is 0.000000709. The molecule has 0 bridgehead atoms. The molecule has 0 radical (unpaired) electrons. The van der Waals surface area contributed by atoms with Gasteiger partial charge >= 0.3 is 5.97 Å². The van der Waals surface area contributed by atoms with Crippen molar-refractivity contribution in [1.29, 1.82) is 0 Å². The summed E-state index contributed by atoms with van der Waals surface area (Å²) < 4.78 is 18.3. The van der Waals surface area contributed by atoms with Crippen LogP contribution in [0.15, 0.2) is 42.5 Å². The molecule has 1 aromatic heterocycles. The molecule has 8 heteroatoms. The number of halogens is 1. The van der Waals surface area contributed by atoms with Crippen molar-refractivity contribution in [2.24, 2.45) is 5.73 Å². The number of anilines is 1. The third-order valence-electron chi connectivity index (χ3n) is 5.64. The number of ether oxygens (including phenoxy) is 1. The van der Waals surface area contributed by atoms with E-state index < -0.39 is 5.97 Å². The maximum absolute atomic E-state index is 13.5. The maximum Gasteiger partial charge on any atom is 0.337 e. The van der Waals surface area contributed by atoms with Crippen LogP contribution in [0.5, 0.6) is 0 Å². The molecule has 7 nitrogen and oxygen atoms in total. The van der Waals surface area contributed by atoms with Crippen LogP contribution < -0.4 is 10.6 Å². The Morgan fingerprint density at radius 1 is 1.03 bits per heavy atom. The molecule has 0 unspecified atom stereocenters. The molecule has 0 spiro atoms. The summed E-state index contributed by atoms with van der Waals surface area (Å²) in [5.41, 5.74) is 7.76. The van der Waals surface area contributed by atoms with Crippen LogP contribution in [0.1, 0.15) is 49.4 Å². The van der Waals surface area contributed by atoms with Gasteiger partial charge in [-0.25, -0.2) is 19.2 Å². The van der Waals surface area contributed by atoms with Crippen LogP contribution in [0.2, 0.25) is 0 Å². The van der Waals surface area contributed by atoms with Crippen molar-refractivity contribution >= 4 is 28.7 Å². The highest BCUT2D eigenvalue weighted by Gasteiger charge is 2.23. The lowest BCUT2D eigenvalue weighted by molar-refractivity contribution is -0.115. The topological polar surface area (TPSA) is 98.4 Å². The van der Waals surface area contributed by atoms with E-state index in [9.17, 15) is 14.0 Å². The van der Waals surface area contributed by atoms with Crippen LogP contribution in [0, 0.1) is 5.82 Å². The van der Waals surface area contributed by atoms with E-state index in [2.05, 4.69) is 10.6 Å². The van der Waals surface area contributed by atoms with Crippen molar-refractivity contribution in [3.8, 4) is 11.3 Å². The minimum atomic E-state index is -0.404. The number of fused-ring (bicyclic) bond motifs is 1. The zero-order valence-electron chi connectivity index (χ0n) is 19.2. The number of nitrogens with zero attached hydrogens (tertiary/aromatic N) is 3. The Bertz CT molecular complexity index is 1120. The van der Waals surface area contributed by atoms with Crippen molar-refractivity contribution in [2.45, 2.75) is 45.1 Å². The molecular formula is C25H29FN4O3. The molecule has 4 rings (SSSR count). The van der Waals surface area contributed by atoms with E-state index in [1.54, 1.807) is 30.3 Å². The van der Waals surface area contributed by atoms with Crippen molar-refractivity contribution in [3.63, 3.8) is 0 Å². The normalized spacial score (nSPS) is 13.7. The Morgan fingerprint density at radius 3 is 2.27 bits per heavy atom. The Kier molecular flexibility index (Phi) is 7.92. The quantitative estimate of drug-likeness (QED) is 0.586. The fourth-order valence-electron chi connectivity index (χ4n) is 3.98. The monoisotopic (exact) mass is 452 g/mol. The van der Waals surface area contributed by atoms with E-state index in [-0.39, 0.29) is 11.7 Å². The van der Waals surface area contributed by atoms with Crippen LogP contribution in [0.3, 0.4) is 0 Å². The zero-order valence-corrected chi connectivity index (χ0v) is 19.2. The van der Waals surface area contributed by atoms with Gasteiger partial charge in [-0.2, -0.15) is 0 Å². The first kappa shape index (κ1) is 24.1. The fourth-order valence-corrected chi connectivity index (χ4v) is 3.98. The number of primary amides is 1. The minimum absolute atomic E-state index is 0.285. The number of carbonyl (C=O) groups excluding carboxylic acids is 2. The van der Waals surface area contributed by atoms with Gasteiger partial charge in [-0.1, -0.05) is 19.3 Å². The summed E-state index contributed by atoms with van der Waals surface area (Å²) in [6.45, 7) is 1.31. The van der Waals surface area contributed by atoms with Gasteiger partial charge in [-0.05, 0) is 55.3 Å². The molecule has 0 atom stereocenters. The lowest BCUT2D eigenvalue weighted by atomic mass is 9.94. The number of aromatic nitrogens is 2. The van der Waals surface area contributed by atoms with Crippen LogP contribution in [0.4, 0.5) is 10.2 Å². The molecule has 0 saturated heterocycles. The highest BCUT2D eigenvalue weighted by molar-refractivity contribution is 5.94. The summed E-state index contributed by atoms with van der Waals surface area (Å²) in [4.78, 5) is 33.1. The van der Waals surface area contributed by atoms with Crippen molar-refractivity contribution in [1.82, 2.24) is 9.97 Å². The van der Waals surface area contributed by atoms with Crippen molar-refractivity contribution < 1.29 is 18.7 Å². The predicted molar refractivity (Wildman–Crippen MR) is 126 cm³/mol. The number of carbonyl (C=O) groups is 2. The third-order valence-corrected chi connectivity index (χ3v) is 5.64. The zero-order chi connectivity index (χ0) is 24.0. The van der Waals surface area contributed by atoms with Gasteiger partial charge in [-0.3, -0.25) is 4.79 Å². The third kappa shape index (κ3) is 6.03. The van der Waals surface area contributed by atoms with E-state index in [4.69, 9.17) is 14.7 Å². The molecule has 174 valence electrons.